The van der Waals surface area contributed by atoms with Gasteiger partial charge in [0.1, 0.15) is 0 Å². The van der Waals surface area contributed by atoms with Gasteiger partial charge in [0, 0.05) is 13.1 Å². The number of sulfonamides is 1. The summed E-state index contributed by atoms with van der Waals surface area (Å²) < 4.78 is 27.8. The molecule has 0 amide bonds. The molecule has 0 bridgehead atoms. The van der Waals surface area contributed by atoms with Crippen LogP contribution in [0.25, 0.3) is 0 Å². The van der Waals surface area contributed by atoms with Gasteiger partial charge in [0.25, 0.3) is 0 Å². The molecular weight excluding hydrogens is 284 g/mol. The topological polar surface area (TPSA) is 58.2 Å². The largest absolute Gasteiger partial charge is 0.313 e. The Morgan fingerprint density at radius 3 is 2.57 bits per heavy atom. The highest BCUT2D eigenvalue weighted by atomic mass is 32.2. The van der Waals surface area contributed by atoms with Crippen LogP contribution in [0, 0.1) is 19.8 Å². The molecule has 0 unspecified atom stereocenters. The second-order valence-electron chi connectivity index (χ2n) is 5.95. The normalized spacial score (nSPS) is 15.4. The molecule has 0 aromatic heterocycles. The van der Waals surface area contributed by atoms with Crippen LogP contribution in [0.3, 0.4) is 0 Å². The smallest absolute Gasteiger partial charge is 0.240 e. The molecule has 5 heteroatoms. The monoisotopic (exact) mass is 310 g/mol. The molecule has 0 spiro atoms. The first-order valence-electron chi connectivity index (χ1n) is 7.74. The molecule has 0 atom stereocenters. The highest BCUT2D eigenvalue weighted by Gasteiger charge is 2.23. The van der Waals surface area contributed by atoms with Crippen molar-refractivity contribution in [3.05, 3.63) is 28.8 Å². The maximum Gasteiger partial charge on any atom is 0.240 e. The van der Waals surface area contributed by atoms with Crippen molar-refractivity contribution < 1.29 is 8.42 Å². The van der Waals surface area contributed by atoms with Gasteiger partial charge in [-0.25, -0.2) is 13.1 Å². The summed E-state index contributed by atoms with van der Waals surface area (Å²) in [7, 11) is -3.41. The molecule has 0 radical (unpaired) electrons. The summed E-state index contributed by atoms with van der Waals surface area (Å²) in [6.45, 7) is 7.99. The van der Waals surface area contributed by atoms with Crippen LogP contribution in [0.5, 0.6) is 0 Å². The SMILES string of the molecule is CCNCc1cc(C)c(C)c(S(=O)(=O)NCCC2CC2)c1. The lowest BCUT2D eigenvalue weighted by Crippen LogP contribution is -2.26. The number of hydrogen-bond acceptors (Lipinski definition) is 3. The molecule has 0 heterocycles. The third kappa shape index (κ3) is 4.53. The average molecular weight is 310 g/mol. The van der Waals surface area contributed by atoms with Crippen LogP contribution >= 0.6 is 0 Å². The van der Waals surface area contributed by atoms with E-state index in [1.807, 2.05) is 20.8 Å². The van der Waals surface area contributed by atoms with Crippen LogP contribution in [0.1, 0.15) is 42.9 Å². The number of nitrogens with one attached hydrogen (secondary N) is 2. The lowest BCUT2D eigenvalue weighted by molar-refractivity contribution is 0.574. The van der Waals surface area contributed by atoms with E-state index in [0.29, 0.717) is 18.0 Å². The van der Waals surface area contributed by atoms with Crippen LogP contribution in [-0.4, -0.2) is 21.5 Å². The summed E-state index contributed by atoms with van der Waals surface area (Å²) in [4.78, 5) is 0.422. The minimum Gasteiger partial charge on any atom is -0.313 e. The molecular formula is C16H26N2O2S. The van der Waals surface area contributed by atoms with Gasteiger partial charge >= 0.3 is 0 Å². The molecule has 2 N–H and O–H groups in total. The van der Waals surface area contributed by atoms with Crippen LogP contribution in [-0.2, 0) is 16.6 Å². The number of hydrogen-bond donors (Lipinski definition) is 2. The molecule has 2 rings (SSSR count). The lowest BCUT2D eigenvalue weighted by Gasteiger charge is -2.14. The van der Waals surface area contributed by atoms with Crippen LogP contribution in [0.2, 0.25) is 0 Å². The Morgan fingerprint density at radius 1 is 1.24 bits per heavy atom. The van der Waals surface area contributed by atoms with E-state index in [-0.39, 0.29) is 0 Å². The number of aryl methyl sites for hydroxylation is 1. The fourth-order valence-corrected chi connectivity index (χ4v) is 3.84. The Morgan fingerprint density at radius 2 is 1.95 bits per heavy atom. The third-order valence-electron chi connectivity index (χ3n) is 4.09. The van der Waals surface area contributed by atoms with E-state index < -0.39 is 10.0 Å². The van der Waals surface area contributed by atoms with Gasteiger partial charge in [0.05, 0.1) is 4.90 Å². The molecule has 118 valence electrons. The van der Waals surface area contributed by atoms with E-state index in [2.05, 4.69) is 16.1 Å². The number of rotatable bonds is 8. The van der Waals surface area contributed by atoms with Crippen molar-refractivity contribution in [1.82, 2.24) is 10.0 Å². The molecule has 0 saturated heterocycles. The Labute approximate surface area is 128 Å². The van der Waals surface area contributed by atoms with Crippen LogP contribution in [0.15, 0.2) is 17.0 Å². The highest BCUT2D eigenvalue weighted by Crippen LogP contribution is 2.32. The number of benzene rings is 1. The first-order chi connectivity index (χ1) is 9.94. The summed E-state index contributed by atoms with van der Waals surface area (Å²) in [5.41, 5.74) is 2.88. The van der Waals surface area contributed by atoms with E-state index in [4.69, 9.17) is 0 Å². The molecule has 1 saturated carbocycles. The van der Waals surface area contributed by atoms with Gasteiger partial charge in [-0.3, -0.25) is 0 Å². The van der Waals surface area contributed by atoms with E-state index in [0.717, 1.165) is 35.6 Å². The maximum absolute atomic E-state index is 12.5. The van der Waals surface area contributed by atoms with Gasteiger partial charge in [-0.15, -0.1) is 0 Å². The Kier molecular flexibility index (Phi) is 5.41. The van der Waals surface area contributed by atoms with Crippen molar-refractivity contribution >= 4 is 10.0 Å². The molecule has 1 aliphatic carbocycles. The van der Waals surface area contributed by atoms with Crippen molar-refractivity contribution in [1.29, 1.82) is 0 Å². The lowest BCUT2D eigenvalue weighted by atomic mass is 10.1. The maximum atomic E-state index is 12.5. The van der Waals surface area contributed by atoms with Crippen molar-refractivity contribution in [2.45, 2.75) is 51.5 Å². The minimum absolute atomic E-state index is 0.422. The summed E-state index contributed by atoms with van der Waals surface area (Å²) in [6.07, 6.45) is 3.45. The zero-order valence-corrected chi connectivity index (χ0v) is 14.0. The standard InChI is InChI=1S/C16H26N2O2S/c1-4-17-11-15-9-12(2)13(3)16(10-15)21(19,20)18-8-7-14-5-6-14/h9-10,14,17-18H,4-8,11H2,1-3H3. The quantitative estimate of drug-likeness (QED) is 0.775. The summed E-state index contributed by atoms with van der Waals surface area (Å²) in [6, 6.07) is 3.85. The summed E-state index contributed by atoms with van der Waals surface area (Å²) in [5, 5.41) is 3.24. The Bertz CT molecular complexity index is 593. The van der Waals surface area contributed by atoms with Crippen LogP contribution < -0.4 is 10.0 Å². The fourth-order valence-electron chi connectivity index (χ4n) is 2.43. The predicted octanol–water partition coefficient (Wildman–Crippen LogP) is 2.49. The molecule has 1 fully saturated rings. The first kappa shape index (κ1) is 16.5. The fraction of sp³-hybridized carbons (Fsp3) is 0.625. The van der Waals surface area contributed by atoms with Crippen molar-refractivity contribution in [3.8, 4) is 0 Å². The average Bonchev–Trinajstić information content (AvgIpc) is 3.23. The Hall–Kier alpha value is -0.910. The van der Waals surface area contributed by atoms with E-state index in [1.54, 1.807) is 6.07 Å². The van der Waals surface area contributed by atoms with Crippen molar-refractivity contribution in [2.75, 3.05) is 13.1 Å². The minimum atomic E-state index is -3.41. The third-order valence-corrected chi connectivity index (χ3v) is 5.68. The molecule has 1 aromatic rings. The second kappa shape index (κ2) is 6.90. The van der Waals surface area contributed by atoms with Crippen molar-refractivity contribution in [2.24, 2.45) is 5.92 Å². The van der Waals surface area contributed by atoms with Gasteiger partial charge < -0.3 is 5.32 Å². The summed E-state index contributed by atoms with van der Waals surface area (Å²) >= 11 is 0. The molecule has 0 aliphatic heterocycles. The highest BCUT2D eigenvalue weighted by molar-refractivity contribution is 7.89. The zero-order valence-electron chi connectivity index (χ0n) is 13.2. The molecule has 1 aromatic carbocycles. The predicted molar refractivity (Wildman–Crippen MR) is 85.8 cm³/mol. The van der Waals surface area contributed by atoms with Gasteiger partial charge in [-0.2, -0.15) is 0 Å². The Balaban J connectivity index is 2.16. The van der Waals surface area contributed by atoms with E-state index in [9.17, 15) is 8.42 Å². The van der Waals surface area contributed by atoms with Crippen molar-refractivity contribution in [3.63, 3.8) is 0 Å². The molecule has 1 aliphatic rings. The van der Waals surface area contributed by atoms with Crippen LogP contribution in [0.4, 0.5) is 0 Å². The van der Waals surface area contributed by atoms with Gasteiger partial charge in [0.2, 0.25) is 10.0 Å². The first-order valence-corrected chi connectivity index (χ1v) is 9.23. The second-order valence-corrected chi connectivity index (χ2v) is 7.68. The van der Waals surface area contributed by atoms with Gasteiger partial charge in [-0.05, 0) is 55.5 Å². The van der Waals surface area contributed by atoms with Gasteiger partial charge in [0.15, 0.2) is 0 Å². The molecule has 4 nitrogen and oxygen atoms in total. The van der Waals surface area contributed by atoms with Gasteiger partial charge in [-0.1, -0.05) is 25.8 Å². The zero-order chi connectivity index (χ0) is 15.5. The van der Waals surface area contributed by atoms with E-state index in [1.165, 1.54) is 12.8 Å². The summed E-state index contributed by atoms with van der Waals surface area (Å²) in [5.74, 6) is 0.732. The van der Waals surface area contributed by atoms with E-state index >= 15 is 0 Å². The molecule has 21 heavy (non-hydrogen) atoms.